The Kier molecular flexibility index (Phi) is 8.11. The third-order valence-corrected chi connectivity index (χ3v) is 3.96. The molecule has 1 aliphatic heterocycles. The van der Waals surface area contributed by atoms with Gasteiger partial charge in [-0.3, -0.25) is 4.99 Å². The van der Waals surface area contributed by atoms with E-state index >= 15 is 0 Å². The molecule has 0 amide bonds. The molecule has 1 fully saturated rings. The SMILES string of the molecule is FC(F)(F)CCCCNC(=NCC1CCOC1)NCCc1ccco1. The molecule has 0 bridgehead atoms. The molecular formula is C17H26F3N3O2. The zero-order valence-electron chi connectivity index (χ0n) is 14.3. The minimum atomic E-state index is -4.08. The minimum absolute atomic E-state index is 0.118. The van der Waals surface area contributed by atoms with Crippen molar-refractivity contribution in [3.8, 4) is 0 Å². The number of unbranched alkanes of at least 4 members (excludes halogenated alkanes) is 1. The van der Waals surface area contributed by atoms with Crippen molar-refractivity contribution in [1.82, 2.24) is 10.6 Å². The number of hydrogen-bond acceptors (Lipinski definition) is 3. The highest BCUT2D eigenvalue weighted by Gasteiger charge is 2.25. The summed E-state index contributed by atoms with van der Waals surface area (Å²) in [5.41, 5.74) is 0. The van der Waals surface area contributed by atoms with Crippen molar-refractivity contribution in [2.24, 2.45) is 10.9 Å². The van der Waals surface area contributed by atoms with E-state index < -0.39 is 12.6 Å². The molecule has 0 aromatic carbocycles. The first-order chi connectivity index (χ1) is 12.0. The smallest absolute Gasteiger partial charge is 0.389 e. The zero-order chi connectivity index (χ0) is 18.0. The number of alkyl halides is 3. The summed E-state index contributed by atoms with van der Waals surface area (Å²) in [5, 5.41) is 6.32. The van der Waals surface area contributed by atoms with Gasteiger partial charge in [0.2, 0.25) is 0 Å². The van der Waals surface area contributed by atoms with Gasteiger partial charge in [0, 0.05) is 45.0 Å². The van der Waals surface area contributed by atoms with Crippen molar-refractivity contribution in [3.05, 3.63) is 24.2 Å². The fourth-order valence-corrected chi connectivity index (χ4v) is 2.54. The van der Waals surface area contributed by atoms with E-state index in [-0.39, 0.29) is 6.42 Å². The lowest BCUT2D eigenvalue weighted by Crippen LogP contribution is -2.39. The van der Waals surface area contributed by atoms with Crippen LogP contribution in [0.3, 0.4) is 0 Å². The number of guanidine groups is 1. The van der Waals surface area contributed by atoms with Gasteiger partial charge in [-0.05, 0) is 31.4 Å². The van der Waals surface area contributed by atoms with Crippen LogP contribution in [-0.2, 0) is 11.2 Å². The number of nitrogens with zero attached hydrogens (tertiary/aromatic N) is 1. The first-order valence-electron chi connectivity index (χ1n) is 8.72. The fourth-order valence-electron chi connectivity index (χ4n) is 2.54. The number of nitrogens with one attached hydrogen (secondary N) is 2. The number of halogens is 3. The monoisotopic (exact) mass is 361 g/mol. The lowest BCUT2D eigenvalue weighted by Gasteiger charge is -2.13. The van der Waals surface area contributed by atoms with Crippen LogP contribution in [0.5, 0.6) is 0 Å². The third kappa shape index (κ3) is 8.81. The topological polar surface area (TPSA) is 58.8 Å². The Bertz CT molecular complexity index is 498. The first-order valence-corrected chi connectivity index (χ1v) is 8.72. The maximum absolute atomic E-state index is 12.2. The van der Waals surface area contributed by atoms with Crippen molar-refractivity contribution in [1.29, 1.82) is 0 Å². The molecule has 142 valence electrons. The van der Waals surface area contributed by atoms with E-state index in [0.29, 0.717) is 44.4 Å². The lowest BCUT2D eigenvalue weighted by molar-refractivity contribution is -0.135. The van der Waals surface area contributed by atoms with Gasteiger partial charge in [-0.25, -0.2) is 0 Å². The molecule has 1 unspecified atom stereocenters. The van der Waals surface area contributed by atoms with Crippen LogP contribution in [0.15, 0.2) is 27.8 Å². The van der Waals surface area contributed by atoms with E-state index in [2.05, 4.69) is 15.6 Å². The van der Waals surface area contributed by atoms with Crippen LogP contribution < -0.4 is 10.6 Å². The van der Waals surface area contributed by atoms with Crippen LogP contribution >= 0.6 is 0 Å². The van der Waals surface area contributed by atoms with E-state index in [1.165, 1.54) is 0 Å². The highest BCUT2D eigenvalue weighted by molar-refractivity contribution is 5.79. The number of aliphatic imine (C=N–C) groups is 1. The van der Waals surface area contributed by atoms with Crippen LogP contribution in [0.1, 0.15) is 31.4 Å². The van der Waals surface area contributed by atoms with E-state index in [1.54, 1.807) is 6.26 Å². The Morgan fingerprint density at radius 1 is 1.24 bits per heavy atom. The van der Waals surface area contributed by atoms with Crippen LogP contribution in [0.25, 0.3) is 0 Å². The second-order valence-corrected chi connectivity index (χ2v) is 6.17. The molecule has 1 aliphatic rings. The van der Waals surface area contributed by atoms with Crippen LogP contribution in [-0.4, -0.2) is 45.0 Å². The number of ether oxygens (including phenoxy) is 1. The molecule has 8 heteroatoms. The summed E-state index contributed by atoms with van der Waals surface area (Å²) in [6.45, 7) is 3.24. The average Bonchev–Trinajstić information content (AvgIpc) is 3.24. The second-order valence-electron chi connectivity index (χ2n) is 6.17. The van der Waals surface area contributed by atoms with Gasteiger partial charge >= 0.3 is 6.18 Å². The quantitative estimate of drug-likeness (QED) is 0.403. The molecule has 0 radical (unpaired) electrons. The highest BCUT2D eigenvalue weighted by atomic mass is 19.4. The van der Waals surface area contributed by atoms with Crippen molar-refractivity contribution in [2.45, 2.75) is 38.3 Å². The van der Waals surface area contributed by atoms with Gasteiger partial charge in [0.05, 0.1) is 12.9 Å². The van der Waals surface area contributed by atoms with Crippen LogP contribution in [0.4, 0.5) is 13.2 Å². The Hall–Kier alpha value is -1.70. The van der Waals surface area contributed by atoms with Gasteiger partial charge in [-0.2, -0.15) is 13.2 Å². The maximum Gasteiger partial charge on any atom is 0.389 e. The molecule has 2 N–H and O–H groups in total. The van der Waals surface area contributed by atoms with E-state index in [9.17, 15) is 13.2 Å². The number of rotatable bonds is 9. The first kappa shape index (κ1) is 19.6. The summed E-state index contributed by atoms with van der Waals surface area (Å²) in [6, 6.07) is 3.74. The predicted octanol–water partition coefficient (Wildman–Crippen LogP) is 3.13. The van der Waals surface area contributed by atoms with Gasteiger partial charge in [-0.15, -0.1) is 0 Å². The summed E-state index contributed by atoms with van der Waals surface area (Å²) < 4.78 is 47.1. The molecule has 1 aromatic heterocycles. The standard InChI is InChI=1S/C17H26F3N3O2/c18-17(19,20)7-1-2-8-21-16(23-12-14-6-11-24-13-14)22-9-5-15-4-3-10-25-15/h3-4,10,14H,1-2,5-9,11-13H2,(H2,21,22,23). The fraction of sp³-hybridized carbons (Fsp3) is 0.706. The molecule has 2 rings (SSSR count). The second kappa shape index (κ2) is 10.3. The van der Waals surface area contributed by atoms with Crippen LogP contribution in [0, 0.1) is 5.92 Å². The van der Waals surface area contributed by atoms with Crippen molar-refractivity contribution >= 4 is 5.96 Å². The molecule has 0 spiro atoms. The van der Waals surface area contributed by atoms with Crippen molar-refractivity contribution in [2.75, 3.05) is 32.8 Å². The molecule has 1 aromatic rings. The van der Waals surface area contributed by atoms with Gasteiger partial charge in [0.25, 0.3) is 0 Å². The summed E-state index contributed by atoms with van der Waals surface area (Å²) in [6.07, 6.45) is -0.919. The van der Waals surface area contributed by atoms with Gasteiger partial charge in [0.1, 0.15) is 5.76 Å². The molecular weight excluding hydrogens is 335 g/mol. The Morgan fingerprint density at radius 3 is 2.76 bits per heavy atom. The molecule has 2 heterocycles. The van der Waals surface area contributed by atoms with Crippen molar-refractivity contribution < 1.29 is 22.3 Å². The third-order valence-electron chi connectivity index (χ3n) is 3.96. The predicted molar refractivity (Wildman–Crippen MR) is 89.6 cm³/mol. The Morgan fingerprint density at radius 2 is 2.08 bits per heavy atom. The van der Waals surface area contributed by atoms with Gasteiger partial charge < -0.3 is 19.8 Å². The Balaban J connectivity index is 1.71. The minimum Gasteiger partial charge on any atom is -0.469 e. The molecule has 0 saturated carbocycles. The molecule has 0 aliphatic carbocycles. The highest BCUT2D eigenvalue weighted by Crippen LogP contribution is 2.21. The zero-order valence-corrected chi connectivity index (χ0v) is 14.3. The summed E-state index contributed by atoms with van der Waals surface area (Å²) in [4.78, 5) is 4.53. The molecule has 5 nitrogen and oxygen atoms in total. The Labute approximate surface area is 146 Å². The van der Waals surface area contributed by atoms with E-state index in [0.717, 1.165) is 25.4 Å². The molecule has 1 atom stereocenters. The van der Waals surface area contributed by atoms with E-state index in [4.69, 9.17) is 9.15 Å². The maximum atomic E-state index is 12.2. The number of furan rings is 1. The molecule has 25 heavy (non-hydrogen) atoms. The number of hydrogen-bond donors (Lipinski definition) is 2. The van der Waals surface area contributed by atoms with Gasteiger partial charge in [-0.1, -0.05) is 0 Å². The van der Waals surface area contributed by atoms with E-state index in [1.807, 2.05) is 12.1 Å². The molecule has 1 saturated heterocycles. The normalized spacial score (nSPS) is 18.5. The largest absolute Gasteiger partial charge is 0.469 e. The summed E-state index contributed by atoms with van der Waals surface area (Å²) in [7, 11) is 0. The van der Waals surface area contributed by atoms with Crippen LogP contribution in [0.2, 0.25) is 0 Å². The summed E-state index contributed by atoms with van der Waals surface area (Å²) >= 11 is 0. The van der Waals surface area contributed by atoms with Gasteiger partial charge in [0.15, 0.2) is 5.96 Å². The van der Waals surface area contributed by atoms with Crippen molar-refractivity contribution in [3.63, 3.8) is 0 Å². The average molecular weight is 361 g/mol. The summed E-state index contributed by atoms with van der Waals surface area (Å²) in [5.74, 6) is 1.92. The lowest BCUT2D eigenvalue weighted by atomic mass is 10.1.